The highest BCUT2D eigenvalue weighted by molar-refractivity contribution is 5.96. The highest BCUT2D eigenvalue weighted by Crippen LogP contribution is 2.16. The van der Waals surface area contributed by atoms with Crippen molar-refractivity contribution in [1.29, 1.82) is 0 Å². The number of rotatable bonds is 9. The molecular weight excluding hydrogens is 440 g/mol. The largest absolute Gasteiger partial charge is 0.497 e. The van der Waals surface area contributed by atoms with Gasteiger partial charge in [-0.25, -0.2) is 9.59 Å². The maximum Gasteiger partial charge on any atom is 0.408 e. The van der Waals surface area contributed by atoms with E-state index < -0.39 is 24.0 Å². The highest BCUT2D eigenvalue weighted by Gasteiger charge is 2.21. The molecular formula is C24H26N4O6. The third-order valence-corrected chi connectivity index (χ3v) is 4.86. The molecule has 0 unspecified atom stereocenters. The Balaban J connectivity index is 1.62. The van der Waals surface area contributed by atoms with Crippen LogP contribution in [0.4, 0.5) is 10.6 Å². The van der Waals surface area contributed by atoms with Crippen LogP contribution in [-0.4, -0.2) is 48.0 Å². The number of alkyl carbamates (subject to hydrolysis) is 1. The summed E-state index contributed by atoms with van der Waals surface area (Å²) >= 11 is 0. The summed E-state index contributed by atoms with van der Waals surface area (Å²) in [6.07, 6.45) is -0.730. The number of ether oxygens (including phenoxy) is 3. The summed E-state index contributed by atoms with van der Waals surface area (Å²) in [6, 6.07) is 17.0. The van der Waals surface area contributed by atoms with E-state index in [1.807, 2.05) is 42.5 Å². The number of esters is 1. The number of nitrogens with one attached hydrogen (secondary N) is 2. The van der Waals surface area contributed by atoms with E-state index in [0.717, 1.165) is 11.1 Å². The molecule has 3 rings (SSSR count). The molecule has 0 spiro atoms. The molecule has 34 heavy (non-hydrogen) atoms. The summed E-state index contributed by atoms with van der Waals surface area (Å²) in [5, 5.41) is 9.36. The zero-order valence-corrected chi connectivity index (χ0v) is 19.1. The van der Waals surface area contributed by atoms with Gasteiger partial charge >= 0.3 is 12.1 Å². The molecule has 1 heterocycles. The summed E-state index contributed by atoms with van der Waals surface area (Å²) in [5.74, 6) is -0.279. The number of benzene rings is 2. The molecule has 2 N–H and O–H groups in total. The normalized spacial score (nSPS) is 11.3. The number of hydrogen-bond donors (Lipinski definition) is 2. The Morgan fingerprint density at radius 1 is 1.00 bits per heavy atom. The molecule has 0 aliphatic rings. The van der Waals surface area contributed by atoms with Crippen LogP contribution in [0.2, 0.25) is 0 Å². The smallest absolute Gasteiger partial charge is 0.408 e. The molecule has 178 valence electrons. The van der Waals surface area contributed by atoms with E-state index in [9.17, 15) is 14.4 Å². The first kappa shape index (κ1) is 24.3. The van der Waals surface area contributed by atoms with Crippen molar-refractivity contribution in [1.82, 2.24) is 15.1 Å². The van der Waals surface area contributed by atoms with E-state index in [2.05, 4.69) is 15.7 Å². The first-order valence-electron chi connectivity index (χ1n) is 10.5. The fourth-order valence-electron chi connectivity index (χ4n) is 3.01. The summed E-state index contributed by atoms with van der Waals surface area (Å²) in [4.78, 5) is 36.8. The number of methoxy groups -OCH3 is 2. The minimum atomic E-state index is -0.906. The Kier molecular flexibility index (Phi) is 8.22. The molecule has 10 nitrogen and oxygen atoms in total. The predicted octanol–water partition coefficient (Wildman–Crippen LogP) is 2.98. The van der Waals surface area contributed by atoms with Gasteiger partial charge in [-0.15, -0.1) is 0 Å². The molecule has 0 bridgehead atoms. The van der Waals surface area contributed by atoms with Crippen LogP contribution in [0.3, 0.4) is 0 Å². The van der Waals surface area contributed by atoms with Crippen LogP contribution < -0.4 is 15.4 Å². The molecule has 1 aromatic heterocycles. The maximum atomic E-state index is 12.6. The second-order valence-electron chi connectivity index (χ2n) is 7.33. The third-order valence-electron chi connectivity index (χ3n) is 4.86. The number of aromatic nitrogens is 2. The van der Waals surface area contributed by atoms with Gasteiger partial charge in [0.15, 0.2) is 5.82 Å². The predicted molar refractivity (Wildman–Crippen MR) is 124 cm³/mol. The van der Waals surface area contributed by atoms with Gasteiger partial charge in [0.05, 0.1) is 20.8 Å². The summed E-state index contributed by atoms with van der Waals surface area (Å²) in [7, 11) is 2.84. The summed E-state index contributed by atoms with van der Waals surface area (Å²) < 4.78 is 16.5. The van der Waals surface area contributed by atoms with Gasteiger partial charge < -0.3 is 24.8 Å². The number of carbonyl (C=O) groups is 3. The van der Waals surface area contributed by atoms with E-state index in [4.69, 9.17) is 14.2 Å². The van der Waals surface area contributed by atoms with Crippen molar-refractivity contribution >= 4 is 23.8 Å². The Labute approximate surface area is 196 Å². The fraction of sp³-hybridized carbons (Fsp3) is 0.250. The van der Waals surface area contributed by atoms with E-state index >= 15 is 0 Å². The molecule has 0 aliphatic carbocycles. The van der Waals surface area contributed by atoms with Gasteiger partial charge in [-0.05, 0) is 30.2 Å². The quantitative estimate of drug-likeness (QED) is 0.465. The number of amides is 2. The molecule has 10 heteroatoms. The van der Waals surface area contributed by atoms with Crippen LogP contribution in [0.15, 0.2) is 60.7 Å². The number of carbonyl (C=O) groups excluding carboxylic acids is 3. The third kappa shape index (κ3) is 6.58. The van der Waals surface area contributed by atoms with Crippen LogP contribution >= 0.6 is 0 Å². The lowest BCUT2D eigenvalue weighted by atomic mass is 10.2. The van der Waals surface area contributed by atoms with Gasteiger partial charge in [-0.3, -0.25) is 9.48 Å². The van der Waals surface area contributed by atoms with Gasteiger partial charge in [0.2, 0.25) is 5.91 Å². The molecule has 0 saturated heterocycles. The first-order valence-corrected chi connectivity index (χ1v) is 10.5. The Morgan fingerprint density at radius 3 is 2.35 bits per heavy atom. The molecule has 1 atom stereocenters. The summed E-state index contributed by atoms with van der Waals surface area (Å²) in [5.41, 5.74) is 1.85. The number of anilines is 1. The van der Waals surface area contributed by atoms with Crippen molar-refractivity contribution in [2.45, 2.75) is 26.1 Å². The molecule has 0 aliphatic heterocycles. The molecule has 0 fully saturated rings. The Hall–Kier alpha value is -4.34. The topological polar surface area (TPSA) is 121 Å². The maximum absolute atomic E-state index is 12.6. The van der Waals surface area contributed by atoms with Gasteiger partial charge in [-0.2, -0.15) is 5.10 Å². The van der Waals surface area contributed by atoms with Crippen LogP contribution in [0.1, 0.15) is 28.5 Å². The highest BCUT2D eigenvalue weighted by atomic mass is 16.5. The van der Waals surface area contributed by atoms with Crippen molar-refractivity contribution in [3.63, 3.8) is 0 Å². The summed E-state index contributed by atoms with van der Waals surface area (Å²) in [6.45, 7) is 1.86. The minimum Gasteiger partial charge on any atom is -0.497 e. The molecule has 3 aromatic rings. The van der Waals surface area contributed by atoms with Gasteiger partial charge in [0.25, 0.3) is 0 Å². The van der Waals surface area contributed by atoms with Crippen molar-refractivity contribution in [2.24, 2.45) is 0 Å². The lowest BCUT2D eigenvalue weighted by molar-refractivity contribution is -0.117. The van der Waals surface area contributed by atoms with E-state index in [1.54, 1.807) is 19.2 Å². The van der Waals surface area contributed by atoms with Crippen LogP contribution in [0.5, 0.6) is 5.75 Å². The Morgan fingerprint density at radius 2 is 1.71 bits per heavy atom. The average molecular weight is 466 g/mol. The monoisotopic (exact) mass is 466 g/mol. The lowest BCUT2D eigenvalue weighted by Crippen LogP contribution is -2.41. The van der Waals surface area contributed by atoms with Gasteiger partial charge in [0.1, 0.15) is 24.1 Å². The minimum absolute atomic E-state index is 0.0826. The molecule has 2 amide bonds. The van der Waals surface area contributed by atoms with Crippen molar-refractivity contribution in [3.05, 3.63) is 77.5 Å². The molecule has 2 aromatic carbocycles. The van der Waals surface area contributed by atoms with Crippen molar-refractivity contribution in [3.8, 4) is 5.75 Å². The zero-order chi connectivity index (χ0) is 24.5. The Bertz CT molecular complexity index is 1130. The second-order valence-corrected chi connectivity index (χ2v) is 7.33. The first-order chi connectivity index (χ1) is 16.4. The van der Waals surface area contributed by atoms with Gasteiger partial charge in [0, 0.05) is 6.07 Å². The van der Waals surface area contributed by atoms with Crippen molar-refractivity contribution < 1.29 is 28.6 Å². The van der Waals surface area contributed by atoms with Crippen molar-refractivity contribution in [2.75, 3.05) is 19.5 Å². The zero-order valence-electron chi connectivity index (χ0n) is 19.1. The standard InChI is InChI=1S/C24H26N4O6/c1-16(25-24(31)34-15-18-7-5-4-6-8-18)22(29)26-21-13-20(23(30)33-3)28(27-21)14-17-9-11-19(32-2)12-10-17/h4-13,16H,14-15H2,1-3H3,(H,25,31)(H,26,27,29)/t16-/m0/s1. The number of nitrogens with zero attached hydrogens (tertiary/aromatic N) is 2. The lowest BCUT2D eigenvalue weighted by Gasteiger charge is -2.13. The van der Waals surface area contributed by atoms with E-state index in [-0.39, 0.29) is 24.7 Å². The molecule has 0 radical (unpaired) electrons. The SMILES string of the molecule is COC(=O)c1cc(NC(=O)[C@H](C)NC(=O)OCc2ccccc2)nn1Cc1ccc(OC)cc1. The van der Waals surface area contributed by atoms with Crippen LogP contribution in [-0.2, 0) is 27.4 Å². The van der Waals surface area contributed by atoms with Crippen LogP contribution in [0.25, 0.3) is 0 Å². The van der Waals surface area contributed by atoms with Gasteiger partial charge in [-0.1, -0.05) is 42.5 Å². The molecule has 0 saturated carbocycles. The second kappa shape index (κ2) is 11.5. The van der Waals surface area contributed by atoms with E-state index in [1.165, 1.54) is 24.8 Å². The fourth-order valence-corrected chi connectivity index (χ4v) is 3.01. The van der Waals surface area contributed by atoms with E-state index in [0.29, 0.717) is 5.75 Å². The van der Waals surface area contributed by atoms with Crippen LogP contribution in [0, 0.1) is 0 Å². The average Bonchev–Trinajstić information content (AvgIpc) is 3.25. The number of hydrogen-bond acceptors (Lipinski definition) is 7.